The van der Waals surface area contributed by atoms with Gasteiger partial charge in [-0.15, -0.1) is 11.3 Å². The average molecular weight is 201 g/mol. The molecule has 0 aliphatic heterocycles. The van der Waals surface area contributed by atoms with Crippen molar-refractivity contribution in [1.82, 2.24) is 4.98 Å². The summed E-state index contributed by atoms with van der Waals surface area (Å²) in [4.78, 5) is 3.94. The average Bonchev–Trinajstić information content (AvgIpc) is 2.77. The Bertz CT molecular complexity index is 393. The Labute approximate surface area is 87.8 Å². The second-order valence-electron chi connectivity index (χ2n) is 3.01. The van der Waals surface area contributed by atoms with Crippen molar-refractivity contribution in [1.29, 1.82) is 0 Å². The topological polar surface area (TPSA) is 12.9 Å². The van der Waals surface area contributed by atoms with Gasteiger partial charge in [-0.2, -0.15) is 0 Å². The van der Waals surface area contributed by atoms with Crippen LogP contribution in [0.5, 0.6) is 0 Å². The van der Waals surface area contributed by atoms with E-state index in [1.807, 2.05) is 12.3 Å². The fourth-order valence-corrected chi connectivity index (χ4v) is 1.74. The lowest BCUT2D eigenvalue weighted by molar-refractivity contribution is 1.30. The largest absolute Gasteiger partial charge is 0.250 e. The number of nitrogens with zero attached hydrogens (tertiary/aromatic N) is 1. The number of aromatic nitrogens is 1. The molecule has 0 saturated carbocycles. The summed E-state index contributed by atoms with van der Waals surface area (Å²) in [5, 5.41) is 3.10. The summed E-state index contributed by atoms with van der Waals surface area (Å²) in [6.45, 7) is 1.99. The summed E-state index contributed by atoms with van der Waals surface area (Å²) in [6, 6.07) is 0. The maximum absolute atomic E-state index is 3.94. The van der Waals surface area contributed by atoms with E-state index in [1.165, 1.54) is 11.1 Å². The molecule has 0 aromatic carbocycles. The van der Waals surface area contributed by atoms with Crippen LogP contribution in [0.1, 0.15) is 5.01 Å². The molecule has 1 heterocycles. The van der Waals surface area contributed by atoms with Crippen LogP contribution in [0.2, 0.25) is 0 Å². The second kappa shape index (κ2) is 4.20. The first kappa shape index (κ1) is 9.16. The summed E-state index contributed by atoms with van der Waals surface area (Å²) in [6.07, 6.45) is 14.4. The molecule has 0 radical (unpaired) electrons. The van der Waals surface area contributed by atoms with Crippen LogP contribution >= 0.6 is 11.3 Å². The smallest absolute Gasteiger partial charge is 0.0893 e. The van der Waals surface area contributed by atoms with E-state index in [-0.39, 0.29) is 0 Å². The van der Waals surface area contributed by atoms with Crippen molar-refractivity contribution < 1.29 is 0 Å². The first-order valence-corrected chi connectivity index (χ1v) is 5.37. The number of aryl methyl sites for hydroxylation is 1. The molecule has 2 heteroatoms. The predicted octanol–water partition coefficient (Wildman–Crippen LogP) is 3.43. The zero-order valence-corrected chi connectivity index (χ0v) is 8.79. The minimum atomic E-state index is 1.13. The molecular formula is C12H11NS. The molecule has 1 aromatic heterocycles. The second-order valence-corrected chi connectivity index (χ2v) is 4.11. The van der Waals surface area contributed by atoms with Crippen LogP contribution in [0.25, 0.3) is 0 Å². The van der Waals surface area contributed by atoms with Gasteiger partial charge in [-0.25, -0.2) is 0 Å². The van der Waals surface area contributed by atoms with Crippen LogP contribution < -0.4 is 0 Å². The van der Waals surface area contributed by atoms with Gasteiger partial charge in [-0.05, 0) is 18.1 Å². The Morgan fingerprint density at radius 1 is 1.07 bits per heavy atom. The third-order valence-corrected chi connectivity index (χ3v) is 2.70. The summed E-state index contributed by atoms with van der Waals surface area (Å²) in [5.41, 5.74) is 2.70. The van der Waals surface area contributed by atoms with Crippen molar-refractivity contribution in [3.05, 3.63) is 64.2 Å². The minimum Gasteiger partial charge on any atom is -0.250 e. The van der Waals surface area contributed by atoms with Gasteiger partial charge in [-0.1, -0.05) is 36.5 Å². The molecular weight excluding hydrogens is 190 g/mol. The Kier molecular flexibility index (Phi) is 2.75. The van der Waals surface area contributed by atoms with Gasteiger partial charge in [-0.3, -0.25) is 4.98 Å². The monoisotopic (exact) mass is 201 g/mol. The Hall–Kier alpha value is -1.41. The predicted molar refractivity (Wildman–Crippen MR) is 61.3 cm³/mol. The maximum atomic E-state index is 3.94. The van der Waals surface area contributed by atoms with Crippen LogP contribution in [-0.2, 0) is 0 Å². The van der Waals surface area contributed by atoms with Crippen molar-refractivity contribution >= 4 is 11.3 Å². The molecule has 0 fully saturated rings. The standard InChI is InChI=1S/C8H6.C4H5NS/c1-3-7-5-2-6-8(7)4-1;1-4-5-2-3-6-4/h1-6H;2-3H,1H3. The first-order chi connectivity index (χ1) is 6.86. The molecule has 2 aliphatic carbocycles. The molecule has 70 valence electrons. The number of thiazole rings is 1. The lowest BCUT2D eigenvalue weighted by Gasteiger charge is -1.85. The maximum Gasteiger partial charge on any atom is 0.0893 e. The minimum absolute atomic E-state index is 1.13. The first-order valence-electron chi connectivity index (χ1n) is 4.49. The van der Waals surface area contributed by atoms with Gasteiger partial charge in [0.1, 0.15) is 0 Å². The van der Waals surface area contributed by atoms with Gasteiger partial charge < -0.3 is 0 Å². The number of hydrogen-bond acceptors (Lipinski definition) is 2. The van der Waals surface area contributed by atoms with Gasteiger partial charge in [0.25, 0.3) is 0 Å². The summed E-state index contributed by atoms with van der Waals surface area (Å²) < 4.78 is 0. The normalized spacial score (nSPS) is 15.8. The highest BCUT2D eigenvalue weighted by atomic mass is 32.1. The van der Waals surface area contributed by atoms with E-state index < -0.39 is 0 Å². The van der Waals surface area contributed by atoms with Gasteiger partial charge in [0.05, 0.1) is 5.01 Å². The van der Waals surface area contributed by atoms with Crippen molar-refractivity contribution in [2.75, 3.05) is 0 Å². The summed E-state index contributed by atoms with van der Waals surface area (Å²) >= 11 is 1.67. The van der Waals surface area contributed by atoms with E-state index in [1.54, 1.807) is 17.5 Å². The number of rotatable bonds is 0. The van der Waals surface area contributed by atoms with Gasteiger partial charge in [0.2, 0.25) is 0 Å². The zero-order valence-electron chi connectivity index (χ0n) is 7.97. The van der Waals surface area contributed by atoms with Gasteiger partial charge in [0.15, 0.2) is 0 Å². The van der Waals surface area contributed by atoms with E-state index in [0.29, 0.717) is 0 Å². The number of hydrogen-bond donors (Lipinski definition) is 0. The van der Waals surface area contributed by atoms with Crippen molar-refractivity contribution in [3.8, 4) is 0 Å². The lowest BCUT2D eigenvalue weighted by atomic mass is 10.2. The molecule has 0 N–H and O–H groups in total. The fraction of sp³-hybridized carbons (Fsp3) is 0.0833. The van der Waals surface area contributed by atoms with Crippen molar-refractivity contribution in [3.63, 3.8) is 0 Å². The Morgan fingerprint density at radius 2 is 1.71 bits per heavy atom. The third kappa shape index (κ3) is 2.09. The number of allylic oxidation sites excluding steroid dienone is 8. The molecule has 14 heavy (non-hydrogen) atoms. The molecule has 3 rings (SSSR count). The van der Waals surface area contributed by atoms with Crippen LogP contribution in [0.15, 0.2) is 59.2 Å². The molecule has 0 atom stereocenters. The summed E-state index contributed by atoms with van der Waals surface area (Å²) in [7, 11) is 0. The summed E-state index contributed by atoms with van der Waals surface area (Å²) in [5.74, 6) is 0. The lowest BCUT2D eigenvalue weighted by Crippen LogP contribution is -1.67. The van der Waals surface area contributed by atoms with Gasteiger partial charge >= 0.3 is 0 Å². The Balaban J connectivity index is 0.000000112. The molecule has 0 saturated heterocycles. The van der Waals surface area contributed by atoms with E-state index >= 15 is 0 Å². The zero-order chi connectivity index (χ0) is 9.80. The van der Waals surface area contributed by atoms with E-state index in [4.69, 9.17) is 0 Å². The van der Waals surface area contributed by atoms with Crippen molar-refractivity contribution in [2.45, 2.75) is 6.92 Å². The van der Waals surface area contributed by atoms with E-state index in [0.717, 1.165) is 5.01 Å². The highest BCUT2D eigenvalue weighted by molar-refractivity contribution is 7.09. The fourth-order valence-electron chi connectivity index (χ4n) is 1.30. The molecule has 1 aromatic rings. The van der Waals surface area contributed by atoms with E-state index in [9.17, 15) is 0 Å². The molecule has 2 aliphatic rings. The van der Waals surface area contributed by atoms with Crippen LogP contribution in [0.3, 0.4) is 0 Å². The van der Waals surface area contributed by atoms with Crippen LogP contribution in [0.4, 0.5) is 0 Å². The third-order valence-electron chi connectivity index (χ3n) is 1.99. The van der Waals surface area contributed by atoms with Crippen LogP contribution in [0, 0.1) is 6.92 Å². The van der Waals surface area contributed by atoms with Crippen molar-refractivity contribution in [2.24, 2.45) is 0 Å². The van der Waals surface area contributed by atoms with Crippen LogP contribution in [-0.4, -0.2) is 4.98 Å². The molecule has 0 spiro atoms. The highest BCUT2D eigenvalue weighted by Gasteiger charge is 2.04. The number of fused-ring (bicyclic) bond motifs is 1. The molecule has 0 unspecified atom stereocenters. The Morgan fingerprint density at radius 3 is 2.07 bits per heavy atom. The highest BCUT2D eigenvalue weighted by Crippen LogP contribution is 2.23. The molecule has 1 nitrogen and oxygen atoms in total. The molecule has 0 bridgehead atoms. The SMILES string of the molecule is C1=CC2=CC=CC2=C1.Cc1nccs1. The quantitative estimate of drug-likeness (QED) is 0.626. The van der Waals surface area contributed by atoms with Gasteiger partial charge in [0, 0.05) is 11.6 Å². The van der Waals surface area contributed by atoms with E-state index in [2.05, 4.69) is 41.4 Å². The molecule has 0 amide bonds.